The first-order valence-corrected chi connectivity index (χ1v) is 4.54. The Hall–Kier alpha value is -2.16. The third-order valence-electron chi connectivity index (χ3n) is 1.74. The largest absolute Gasteiger partial charge is 0.506 e. The van der Waals surface area contributed by atoms with E-state index in [2.05, 4.69) is 0 Å². The van der Waals surface area contributed by atoms with E-state index in [1.54, 1.807) is 24.3 Å². The standard InChI is InChI=1S/C6H7NO.C6H7N/c7-5-3-1-2-4-6(5)8;7-6-4-2-1-3-5-6/h1-4,8H,7H2;1-5H,7H2. The van der Waals surface area contributed by atoms with Gasteiger partial charge in [0.25, 0.3) is 0 Å². The van der Waals surface area contributed by atoms with Gasteiger partial charge < -0.3 is 16.6 Å². The Balaban J connectivity index is 0.000000151. The zero-order valence-corrected chi connectivity index (χ0v) is 8.30. The summed E-state index contributed by atoms with van der Waals surface area (Å²) in [5.74, 6) is 0.146. The zero-order valence-electron chi connectivity index (χ0n) is 8.30. The molecule has 0 unspecified atom stereocenters. The molecule has 5 N–H and O–H groups in total. The molecule has 0 radical (unpaired) electrons. The monoisotopic (exact) mass is 202 g/mol. The summed E-state index contributed by atoms with van der Waals surface area (Å²) in [5.41, 5.74) is 11.9. The molecule has 0 aromatic heterocycles. The summed E-state index contributed by atoms with van der Waals surface area (Å²) < 4.78 is 0. The van der Waals surface area contributed by atoms with Crippen LogP contribution >= 0.6 is 0 Å². The van der Waals surface area contributed by atoms with Crippen LogP contribution < -0.4 is 11.5 Å². The van der Waals surface area contributed by atoms with Crippen molar-refractivity contribution >= 4 is 11.4 Å². The van der Waals surface area contributed by atoms with Crippen LogP contribution in [-0.4, -0.2) is 5.11 Å². The minimum atomic E-state index is 0.146. The van der Waals surface area contributed by atoms with Crippen molar-refractivity contribution in [3.8, 4) is 5.75 Å². The molecule has 2 aromatic carbocycles. The maximum atomic E-state index is 8.79. The first-order valence-electron chi connectivity index (χ1n) is 4.54. The highest BCUT2D eigenvalue weighted by molar-refractivity contribution is 5.50. The number of hydrogen-bond donors (Lipinski definition) is 3. The summed E-state index contributed by atoms with van der Waals surface area (Å²) in [6.45, 7) is 0. The molecule has 3 heteroatoms. The molecule has 0 bridgehead atoms. The fourth-order valence-corrected chi connectivity index (χ4v) is 0.941. The number of para-hydroxylation sites is 3. The number of phenolic OH excluding ortho intramolecular Hbond substituents is 1. The number of aromatic hydroxyl groups is 1. The Labute approximate surface area is 89.0 Å². The minimum Gasteiger partial charge on any atom is -0.506 e. The first kappa shape index (κ1) is 10.9. The molecule has 0 spiro atoms. The van der Waals surface area contributed by atoms with Gasteiger partial charge in [-0.3, -0.25) is 0 Å². The Morgan fingerprint density at radius 2 is 1.27 bits per heavy atom. The second kappa shape index (κ2) is 5.54. The molecule has 15 heavy (non-hydrogen) atoms. The molecule has 0 heterocycles. The van der Waals surface area contributed by atoms with E-state index in [9.17, 15) is 0 Å². The fraction of sp³-hybridized carbons (Fsp3) is 0. The van der Waals surface area contributed by atoms with Crippen molar-refractivity contribution in [3.63, 3.8) is 0 Å². The van der Waals surface area contributed by atoms with Gasteiger partial charge in [-0.15, -0.1) is 0 Å². The van der Waals surface area contributed by atoms with E-state index >= 15 is 0 Å². The van der Waals surface area contributed by atoms with Crippen molar-refractivity contribution in [2.24, 2.45) is 0 Å². The van der Waals surface area contributed by atoms with E-state index in [4.69, 9.17) is 16.6 Å². The van der Waals surface area contributed by atoms with Crippen molar-refractivity contribution in [3.05, 3.63) is 54.6 Å². The van der Waals surface area contributed by atoms with Crippen LogP contribution in [0, 0.1) is 0 Å². The summed E-state index contributed by atoms with van der Waals surface area (Å²) in [4.78, 5) is 0. The molecule has 3 nitrogen and oxygen atoms in total. The average Bonchev–Trinajstić information content (AvgIpc) is 2.25. The number of phenols is 1. The Bertz CT molecular complexity index is 380. The van der Waals surface area contributed by atoms with E-state index in [1.165, 1.54) is 0 Å². The van der Waals surface area contributed by atoms with Crippen molar-refractivity contribution in [2.45, 2.75) is 0 Å². The van der Waals surface area contributed by atoms with Gasteiger partial charge in [-0.1, -0.05) is 30.3 Å². The lowest BCUT2D eigenvalue weighted by atomic mass is 10.3. The van der Waals surface area contributed by atoms with Gasteiger partial charge in [0.2, 0.25) is 0 Å². The SMILES string of the molecule is Nc1ccccc1.Nc1ccccc1O. The predicted octanol–water partition coefficient (Wildman–Crippen LogP) is 2.24. The smallest absolute Gasteiger partial charge is 0.138 e. The zero-order chi connectivity index (χ0) is 11.1. The summed E-state index contributed by atoms with van der Waals surface area (Å²) >= 11 is 0. The second-order valence-electron chi connectivity index (χ2n) is 2.97. The fourth-order valence-electron chi connectivity index (χ4n) is 0.941. The molecular weight excluding hydrogens is 188 g/mol. The number of rotatable bonds is 0. The number of benzene rings is 2. The van der Waals surface area contributed by atoms with Crippen LogP contribution in [0.15, 0.2) is 54.6 Å². The summed E-state index contributed by atoms with van der Waals surface area (Å²) in [6, 6.07) is 16.2. The lowest BCUT2D eigenvalue weighted by Crippen LogP contribution is -1.82. The van der Waals surface area contributed by atoms with E-state index in [1.807, 2.05) is 30.3 Å². The second-order valence-corrected chi connectivity index (χ2v) is 2.97. The van der Waals surface area contributed by atoms with Crippen LogP contribution in [-0.2, 0) is 0 Å². The van der Waals surface area contributed by atoms with Crippen molar-refractivity contribution < 1.29 is 5.11 Å². The van der Waals surface area contributed by atoms with Crippen molar-refractivity contribution in [1.29, 1.82) is 0 Å². The van der Waals surface area contributed by atoms with Crippen LogP contribution in [0.5, 0.6) is 5.75 Å². The maximum absolute atomic E-state index is 8.79. The van der Waals surface area contributed by atoms with E-state index in [0.29, 0.717) is 5.69 Å². The molecule has 0 saturated carbocycles. The average molecular weight is 202 g/mol. The molecule has 2 aromatic rings. The third kappa shape index (κ3) is 4.04. The molecule has 0 fully saturated rings. The summed E-state index contributed by atoms with van der Waals surface area (Å²) in [5, 5.41) is 8.79. The van der Waals surface area contributed by atoms with Gasteiger partial charge >= 0.3 is 0 Å². The van der Waals surface area contributed by atoms with Gasteiger partial charge in [0.05, 0.1) is 5.69 Å². The van der Waals surface area contributed by atoms with Crippen LogP contribution in [0.25, 0.3) is 0 Å². The molecule has 78 valence electrons. The molecule has 0 aliphatic heterocycles. The number of hydrogen-bond acceptors (Lipinski definition) is 3. The van der Waals surface area contributed by atoms with E-state index < -0.39 is 0 Å². The van der Waals surface area contributed by atoms with Crippen LogP contribution in [0.4, 0.5) is 11.4 Å². The lowest BCUT2D eigenvalue weighted by Gasteiger charge is -1.92. The molecule has 0 saturated heterocycles. The Morgan fingerprint density at radius 1 is 0.733 bits per heavy atom. The molecule has 2 rings (SSSR count). The molecule has 0 atom stereocenters. The number of nitrogen functional groups attached to an aromatic ring is 2. The van der Waals surface area contributed by atoms with Gasteiger partial charge in [0, 0.05) is 5.69 Å². The topological polar surface area (TPSA) is 72.3 Å². The van der Waals surface area contributed by atoms with Crippen molar-refractivity contribution in [1.82, 2.24) is 0 Å². The molecule has 0 aliphatic rings. The highest BCUT2D eigenvalue weighted by Gasteiger charge is 1.87. The van der Waals surface area contributed by atoms with Crippen LogP contribution in [0.2, 0.25) is 0 Å². The van der Waals surface area contributed by atoms with E-state index in [0.717, 1.165) is 5.69 Å². The highest BCUT2D eigenvalue weighted by Crippen LogP contribution is 2.16. The summed E-state index contributed by atoms with van der Waals surface area (Å²) in [7, 11) is 0. The minimum absolute atomic E-state index is 0.146. The van der Waals surface area contributed by atoms with E-state index in [-0.39, 0.29) is 5.75 Å². The quantitative estimate of drug-likeness (QED) is 0.453. The van der Waals surface area contributed by atoms with Gasteiger partial charge in [0.1, 0.15) is 5.75 Å². The normalized spacial score (nSPS) is 8.80. The highest BCUT2D eigenvalue weighted by atomic mass is 16.3. The maximum Gasteiger partial charge on any atom is 0.138 e. The summed E-state index contributed by atoms with van der Waals surface area (Å²) in [6.07, 6.45) is 0. The lowest BCUT2D eigenvalue weighted by molar-refractivity contribution is 0.478. The van der Waals surface area contributed by atoms with Crippen LogP contribution in [0.1, 0.15) is 0 Å². The van der Waals surface area contributed by atoms with Crippen LogP contribution in [0.3, 0.4) is 0 Å². The van der Waals surface area contributed by atoms with Gasteiger partial charge in [-0.25, -0.2) is 0 Å². The van der Waals surface area contributed by atoms with Gasteiger partial charge in [-0.05, 0) is 24.3 Å². The Morgan fingerprint density at radius 3 is 1.60 bits per heavy atom. The predicted molar refractivity (Wildman–Crippen MR) is 63.4 cm³/mol. The molecular formula is C12H14N2O. The number of anilines is 2. The number of nitrogens with two attached hydrogens (primary N) is 2. The molecule has 0 aliphatic carbocycles. The van der Waals surface area contributed by atoms with Gasteiger partial charge in [-0.2, -0.15) is 0 Å². The Kier molecular flexibility index (Phi) is 4.04. The van der Waals surface area contributed by atoms with Gasteiger partial charge in [0.15, 0.2) is 0 Å². The van der Waals surface area contributed by atoms with Crippen molar-refractivity contribution in [2.75, 3.05) is 11.5 Å². The molecule has 0 amide bonds. The third-order valence-corrected chi connectivity index (χ3v) is 1.74. The first-order chi connectivity index (χ1) is 7.20.